The van der Waals surface area contributed by atoms with Gasteiger partial charge in [-0.2, -0.15) is 10.2 Å². The minimum atomic E-state index is -0.000253. The van der Waals surface area contributed by atoms with Gasteiger partial charge < -0.3 is 24.0 Å². The molecule has 0 spiro atoms. The zero-order valence-corrected chi connectivity index (χ0v) is 17.7. The molecule has 0 bridgehead atoms. The SMILES string of the molecule is N#Cc1nc(-c2ccco2)oc1N1CCC(C(=O)N2CCC(Nc3ccccc3)C2)CC1. The van der Waals surface area contributed by atoms with Crippen LogP contribution in [0, 0.1) is 17.2 Å². The van der Waals surface area contributed by atoms with Crippen LogP contribution in [0.1, 0.15) is 25.0 Å². The maximum absolute atomic E-state index is 13.1. The predicted molar refractivity (Wildman–Crippen MR) is 119 cm³/mol. The van der Waals surface area contributed by atoms with Gasteiger partial charge in [-0.3, -0.25) is 4.79 Å². The normalized spacial score (nSPS) is 19.2. The maximum atomic E-state index is 13.1. The van der Waals surface area contributed by atoms with Crippen molar-refractivity contribution in [1.29, 1.82) is 5.26 Å². The first-order chi connectivity index (χ1) is 15.7. The lowest BCUT2D eigenvalue weighted by Gasteiger charge is -2.33. The third-order valence-electron chi connectivity index (χ3n) is 6.22. The molecule has 3 aromatic rings. The number of piperidine rings is 1. The van der Waals surface area contributed by atoms with E-state index in [9.17, 15) is 10.1 Å². The van der Waals surface area contributed by atoms with Crippen molar-refractivity contribution in [1.82, 2.24) is 9.88 Å². The highest BCUT2D eigenvalue weighted by Gasteiger charge is 2.34. The largest absolute Gasteiger partial charge is 0.459 e. The van der Waals surface area contributed by atoms with Crippen LogP contribution in [0.15, 0.2) is 57.6 Å². The fourth-order valence-electron chi connectivity index (χ4n) is 4.54. The van der Waals surface area contributed by atoms with E-state index in [-0.39, 0.29) is 23.6 Å². The summed E-state index contributed by atoms with van der Waals surface area (Å²) in [7, 11) is 0. The molecule has 1 aromatic carbocycles. The van der Waals surface area contributed by atoms with Gasteiger partial charge in [-0.15, -0.1) is 0 Å². The van der Waals surface area contributed by atoms with Crippen LogP contribution < -0.4 is 10.2 Å². The third-order valence-corrected chi connectivity index (χ3v) is 6.22. The van der Waals surface area contributed by atoms with E-state index in [1.165, 1.54) is 0 Å². The number of carbonyl (C=O) groups excluding carboxylic acids is 1. The van der Waals surface area contributed by atoms with Crippen LogP contribution in [0.2, 0.25) is 0 Å². The second kappa shape index (κ2) is 8.79. The molecule has 5 rings (SSSR count). The maximum Gasteiger partial charge on any atom is 0.266 e. The van der Waals surface area contributed by atoms with Crippen molar-refractivity contribution in [3.05, 3.63) is 54.4 Å². The number of nitrogens with one attached hydrogen (secondary N) is 1. The Hall–Kier alpha value is -3.73. The number of anilines is 2. The number of nitrogens with zero attached hydrogens (tertiary/aromatic N) is 4. The van der Waals surface area contributed by atoms with E-state index in [1.807, 2.05) is 28.0 Å². The van der Waals surface area contributed by atoms with E-state index in [4.69, 9.17) is 8.83 Å². The molecule has 1 amide bonds. The van der Waals surface area contributed by atoms with Crippen LogP contribution in [-0.4, -0.2) is 48.0 Å². The summed E-state index contributed by atoms with van der Waals surface area (Å²) in [5, 5.41) is 13.0. The van der Waals surface area contributed by atoms with E-state index in [0.29, 0.717) is 30.6 Å². The minimum Gasteiger partial charge on any atom is -0.459 e. The molecule has 0 radical (unpaired) electrons. The van der Waals surface area contributed by atoms with Gasteiger partial charge in [0.25, 0.3) is 5.89 Å². The van der Waals surface area contributed by atoms with Crippen molar-refractivity contribution in [2.45, 2.75) is 25.3 Å². The van der Waals surface area contributed by atoms with E-state index in [1.54, 1.807) is 18.4 Å². The molecule has 32 heavy (non-hydrogen) atoms. The molecule has 0 saturated carbocycles. The molecule has 2 aromatic heterocycles. The molecular formula is C24H25N5O3. The summed E-state index contributed by atoms with van der Waals surface area (Å²) in [5.74, 6) is 1.48. The smallest absolute Gasteiger partial charge is 0.266 e. The number of rotatable bonds is 5. The highest BCUT2D eigenvalue weighted by atomic mass is 16.4. The Balaban J connectivity index is 1.17. The summed E-state index contributed by atoms with van der Waals surface area (Å²) in [6.45, 7) is 2.83. The van der Waals surface area contributed by atoms with Crippen LogP contribution in [-0.2, 0) is 4.79 Å². The van der Waals surface area contributed by atoms with Gasteiger partial charge in [-0.25, -0.2) is 0 Å². The van der Waals surface area contributed by atoms with Gasteiger partial charge in [0.15, 0.2) is 5.76 Å². The van der Waals surface area contributed by atoms with Gasteiger partial charge >= 0.3 is 0 Å². The lowest BCUT2D eigenvalue weighted by molar-refractivity contribution is -0.135. The zero-order chi connectivity index (χ0) is 21.9. The molecule has 1 unspecified atom stereocenters. The van der Waals surface area contributed by atoms with Gasteiger partial charge in [0.1, 0.15) is 6.07 Å². The second-order valence-electron chi connectivity index (χ2n) is 8.30. The Morgan fingerprint density at radius 1 is 1.09 bits per heavy atom. The summed E-state index contributed by atoms with van der Waals surface area (Å²) >= 11 is 0. The molecule has 164 valence electrons. The van der Waals surface area contributed by atoms with Crippen molar-refractivity contribution >= 4 is 17.5 Å². The average Bonchev–Trinajstić information content (AvgIpc) is 3.60. The molecule has 4 heterocycles. The lowest BCUT2D eigenvalue weighted by Crippen LogP contribution is -2.42. The van der Waals surface area contributed by atoms with Crippen LogP contribution in [0.4, 0.5) is 11.6 Å². The first-order valence-corrected chi connectivity index (χ1v) is 11.0. The minimum absolute atomic E-state index is 0.000253. The number of hydrogen-bond donors (Lipinski definition) is 1. The topological polar surface area (TPSA) is 98.5 Å². The molecular weight excluding hydrogens is 406 g/mol. The summed E-state index contributed by atoms with van der Waals surface area (Å²) < 4.78 is 11.2. The molecule has 1 atom stereocenters. The molecule has 2 saturated heterocycles. The fourth-order valence-corrected chi connectivity index (χ4v) is 4.54. The summed E-state index contributed by atoms with van der Waals surface area (Å²) in [4.78, 5) is 21.4. The van der Waals surface area contributed by atoms with Crippen LogP contribution in [0.5, 0.6) is 0 Å². The third kappa shape index (κ3) is 4.06. The van der Waals surface area contributed by atoms with Gasteiger partial charge in [0, 0.05) is 43.8 Å². The molecule has 2 aliphatic rings. The van der Waals surface area contributed by atoms with Crippen LogP contribution >= 0.6 is 0 Å². The number of amides is 1. The van der Waals surface area contributed by atoms with Gasteiger partial charge in [-0.1, -0.05) is 18.2 Å². The molecule has 8 nitrogen and oxygen atoms in total. The van der Waals surface area contributed by atoms with E-state index in [0.717, 1.165) is 38.0 Å². The summed E-state index contributed by atoms with van der Waals surface area (Å²) in [6.07, 6.45) is 3.96. The Morgan fingerprint density at radius 2 is 1.91 bits per heavy atom. The van der Waals surface area contributed by atoms with E-state index in [2.05, 4.69) is 28.5 Å². The van der Waals surface area contributed by atoms with E-state index >= 15 is 0 Å². The lowest BCUT2D eigenvalue weighted by atomic mass is 9.95. The molecule has 1 N–H and O–H groups in total. The number of benzene rings is 1. The van der Waals surface area contributed by atoms with Crippen molar-refractivity contribution in [2.24, 2.45) is 5.92 Å². The van der Waals surface area contributed by atoms with Gasteiger partial charge in [0.2, 0.25) is 17.5 Å². The van der Waals surface area contributed by atoms with Crippen LogP contribution in [0.3, 0.4) is 0 Å². The quantitative estimate of drug-likeness (QED) is 0.657. The number of carbonyl (C=O) groups is 1. The van der Waals surface area contributed by atoms with Crippen molar-refractivity contribution < 1.29 is 13.6 Å². The highest BCUT2D eigenvalue weighted by Crippen LogP contribution is 2.32. The highest BCUT2D eigenvalue weighted by molar-refractivity contribution is 5.79. The zero-order valence-electron chi connectivity index (χ0n) is 17.7. The first-order valence-electron chi connectivity index (χ1n) is 11.0. The number of aromatic nitrogens is 1. The number of furan rings is 1. The number of nitriles is 1. The average molecular weight is 431 g/mol. The van der Waals surface area contributed by atoms with Gasteiger partial charge in [0.05, 0.1) is 6.26 Å². The summed E-state index contributed by atoms with van der Waals surface area (Å²) in [5.41, 5.74) is 1.34. The summed E-state index contributed by atoms with van der Waals surface area (Å²) in [6, 6.07) is 16.0. The number of hydrogen-bond acceptors (Lipinski definition) is 7. The van der Waals surface area contributed by atoms with Crippen LogP contribution in [0.25, 0.3) is 11.7 Å². The molecule has 2 fully saturated rings. The number of para-hydroxylation sites is 1. The monoisotopic (exact) mass is 431 g/mol. The molecule has 0 aliphatic carbocycles. The predicted octanol–water partition coefficient (Wildman–Crippen LogP) is 3.74. The Morgan fingerprint density at radius 3 is 2.62 bits per heavy atom. The molecule has 2 aliphatic heterocycles. The Labute approximate surface area is 186 Å². The van der Waals surface area contributed by atoms with Gasteiger partial charge in [-0.05, 0) is 43.5 Å². The molecule has 8 heteroatoms. The number of likely N-dealkylation sites (tertiary alicyclic amines) is 1. The van der Waals surface area contributed by atoms with E-state index < -0.39 is 0 Å². The van der Waals surface area contributed by atoms with Crippen molar-refractivity contribution in [3.63, 3.8) is 0 Å². The number of oxazole rings is 1. The standard InChI is InChI=1S/C24H25N5O3/c25-15-20-24(32-22(27-20)21-7-4-14-31-21)28-11-8-17(9-12-28)23(30)29-13-10-19(16-29)26-18-5-2-1-3-6-18/h1-7,14,17,19,26H,8-13,16H2. The second-order valence-corrected chi connectivity index (χ2v) is 8.30. The first kappa shape index (κ1) is 20.2. The fraction of sp³-hybridized carbons (Fsp3) is 0.375. The Kier molecular flexibility index (Phi) is 5.55. The van der Waals surface area contributed by atoms with Crippen molar-refractivity contribution in [3.8, 4) is 17.7 Å². The van der Waals surface area contributed by atoms with Crippen molar-refractivity contribution in [2.75, 3.05) is 36.4 Å². The Bertz CT molecular complexity index is 1090.